The number of hydrogen-bond donors (Lipinski definition) is 3. The Bertz CT molecular complexity index is 1290. The molecule has 3 aromatic rings. The van der Waals surface area contributed by atoms with Crippen LogP contribution in [0.1, 0.15) is 16.8 Å². The van der Waals surface area contributed by atoms with E-state index in [1.807, 2.05) is 36.4 Å². The van der Waals surface area contributed by atoms with Gasteiger partial charge in [0.05, 0.1) is 19.3 Å². The largest absolute Gasteiger partial charge is 0.493 e. The molecule has 8 heteroatoms. The molecule has 1 aliphatic heterocycles. The average Bonchev–Trinajstić information content (AvgIpc) is 3.34. The molecule has 0 amide bonds. The Morgan fingerprint density at radius 2 is 2.06 bits per heavy atom. The normalized spacial score (nSPS) is 14.3. The van der Waals surface area contributed by atoms with Crippen LogP contribution in [0.4, 0.5) is 5.69 Å². The third kappa shape index (κ3) is 4.75. The molecule has 0 bridgehead atoms. The number of aromatic nitrogens is 2. The highest BCUT2D eigenvalue weighted by Crippen LogP contribution is 2.33. The van der Waals surface area contributed by atoms with Crippen molar-refractivity contribution in [2.24, 2.45) is 4.99 Å². The van der Waals surface area contributed by atoms with Crippen molar-refractivity contribution in [3.8, 4) is 17.4 Å². The number of para-hydroxylation sites is 1. The summed E-state index contributed by atoms with van der Waals surface area (Å²) in [6.07, 6.45) is 4.78. The number of nitrogens with one attached hydrogen (secondary N) is 1. The number of imidazole rings is 1. The second-order valence-corrected chi connectivity index (χ2v) is 7.60. The van der Waals surface area contributed by atoms with Gasteiger partial charge in [-0.05, 0) is 36.3 Å². The summed E-state index contributed by atoms with van der Waals surface area (Å²) in [4.78, 5) is 19.3. The fourth-order valence-corrected chi connectivity index (χ4v) is 3.63. The smallest absolute Gasteiger partial charge is 0.328 e. The fraction of sp³-hybridized carbons (Fsp3) is 0.200. The molecule has 0 radical (unpaired) electrons. The number of H-pyrrole nitrogens is 1. The van der Waals surface area contributed by atoms with Gasteiger partial charge in [0.1, 0.15) is 18.4 Å². The molecule has 1 unspecified atom stereocenters. The number of aliphatic hydroxyl groups excluding tert-OH is 1. The van der Waals surface area contributed by atoms with Crippen LogP contribution in [0.15, 0.2) is 64.9 Å². The van der Waals surface area contributed by atoms with Gasteiger partial charge in [-0.15, -0.1) is 6.58 Å². The summed E-state index contributed by atoms with van der Waals surface area (Å²) in [5.74, 6) is 0.742. The van der Waals surface area contributed by atoms with E-state index in [1.54, 1.807) is 24.4 Å². The molecule has 0 fully saturated rings. The number of aliphatic imine (C=N–C) groups is 1. The minimum Gasteiger partial charge on any atom is -0.493 e. The van der Waals surface area contributed by atoms with E-state index in [2.05, 4.69) is 16.6 Å². The molecule has 3 N–H and O–H groups in total. The molecule has 0 aliphatic carbocycles. The Kier molecular flexibility index (Phi) is 6.46. The van der Waals surface area contributed by atoms with Gasteiger partial charge in [0.2, 0.25) is 5.88 Å². The van der Waals surface area contributed by atoms with Gasteiger partial charge in [-0.25, -0.2) is 4.79 Å². The number of aromatic amines is 1. The van der Waals surface area contributed by atoms with Crippen molar-refractivity contribution in [3.05, 3.63) is 82.4 Å². The molecule has 0 saturated carbocycles. The summed E-state index contributed by atoms with van der Waals surface area (Å²) in [6, 6.07) is 13.1. The molecule has 2 aromatic carbocycles. The molecule has 8 nitrogen and oxygen atoms in total. The highest BCUT2D eigenvalue weighted by molar-refractivity contribution is 6.21. The standard InChI is InChI=1S/C25H25N3O5/c1-3-6-16-9-10-22(23(11-16)32-2)33-15-18(29)14-28-24(30)21(27-25(28)31)12-17-13-26-20-8-5-4-7-19(17)20/h3-5,7-13,18,29-30H,1,6,14-15H2,2H3,(H,27,31). The molecule has 170 valence electrons. The maximum Gasteiger partial charge on any atom is 0.328 e. The van der Waals surface area contributed by atoms with Crippen molar-refractivity contribution in [1.82, 2.24) is 9.55 Å². The minimum absolute atomic E-state index is 0.0926. The van der Waals surface area contributed by atoms with E-state index in [9.17, 15) is 15.0 Å². The number of ether oxygens (including phenoxy) is 2. The lowest BCUT2D eigenvalue weighted by atomic mass is 10.1. The summed E-state index contributed by atoms with van der Waals surface area (Å²) in [6.45, 7) is 3.48. The van der Waals surface area contributed by atoms with Crippen LogP contribution in [0.3, 0.4) is 0 Å². The van der Waals surface area contributed by atoms with Gasteiger partial charge in [-0.2, -0.15) is 0 Å². The molecule has 0 saturated heterocycles. The van der Waals surface area contributed by atoms with Gasteiger partial charge in [0, 0.05) is 17.4 Å². The van der Waals surface area contributed by atoms with Crippen LogP contribution in [0, 0.1) is 0 Å². The van der Waals surface area contributed by atoms with Crippen molar-refractivity contribution in [3.63, 3.8) is 0 Å². The molecule has 1 aliphatic rings. The van der Waals surface area contributed by atoms with Crippen LogP contribution in [-0.2, 0) is 13.0 Å². The average molecular weight is 447 g/mol. The molecule has 4 rings (SSSR count). The van der Waals surface area contributed by atoms with Crippen LogP contribution in [0.2, 0.25) is 0 Å². The summed E-state index contributed by atoms with van der Waals surface area (Å²) in [5, 5.41) is 21.0. The van der Waals surface area contributed by atoms with Gasteiger partial charge >= 0.3 is 5.69 Å². The number of aromatic hydroxyl groups is 1. The topological polar surface area (TPSA) is 109 Å². The van der Waals surface area contributed by atoms with Gasteiger partial charge in [0.25, 0.3) is 0 Å². The second-order valence-electron chi connectivity index (χ2n) is 7.60. The van der Waals surface area contributed by atoms with Crippen molar-refractivity contribution < 1.29 is 19.7 Å². The second kappa shape index (κ2) is 9.62. The molecule has 2 heterocycles. The zero-order valence-corrected chi connectivity index (χ0v) is 18.2. The molecular formula is C25H25N3O5. The minimum atomic E-state index is -1.05. The van der Waals surface area contributed by atoms with Gasteiger partial charge in [0.15, 0.2) is 11.5 Å². The predicted octanol–water partition coefficient (Wildman–Crippen LogP) is 3.32. The van der Waals surface area contributed by atoms with Gasteiger partial charge < -0.3 is 24.7 Å². The number of nitrogens with zero attached hydrogens (tertiary/aromatic N) is 2. The maximum atomic E-state index is 12.4. The number of benzene rings is 2. The van der Waals surface area contributed by atoms with Crippen LogP contribution < -0.4 is 15.2 Å². The molecular weight excluding hydrogens is 422 g/mol. The highest BCUT2D eigenvalue weighted by atomic mass is 16.5. The Morgan fingerprint density at radius 3 is 2.85 bits per heavy atom. The first-order chi connectivity index (χ1) is 16.0. The predicted molar refractivity (Wildman–Crippen MR) is 128 cm³/mol. The van der Waals surface area contributed by atoms with E-state index < -0.39 is 11.8 Å². The number of rotatable bonds is 9. The van der Waals surface area contributed by atoms with Crippen LogP contribution in [0.25, 0.3) is 11.6 Å². The Hall–Kier alpha value is -4.04. The Morgan fingerprint density at radius 1 is 1.24 bits per heavy atom. The summed E-state index contributed by atoms with van der Waals surface area (Å²) in [5.41, 5.74) is 3.23. The third-order valence-electron chi connectivity index (χ3n) is 5.27. The van der Waals surface area contributed by atoms with E-state index in [-0.39, 0.29) is 24.7 Å². The van der Waals surface area contributed by atoms with E-state index in [0.29, 0.717) is 17.9 Å². The summed E-state index contributed by atoms with van der Waals surface area (Å²) < 4.78 is 12.1. The number of aliphatic hydroxyl groups is 1. The monoisotopic (exact) mass is 447 g/mol. The zero-order valence-electron chi connectivity index (χ0n) is 18.2. The first-order valence-electron chi connectivity index (χ1n) is 10.5. The fourth-order valence-electron chi connectivity index (χ4n) is 3.63. The van der Waals surface area contributed by atoms with Crippen molar-refractivity contribution >= 4 is 23.6 Å². The Labute approximate surface area is 190 Å². The van der Waals surface area contributed by atoms with Crippen LogP contribution in [-0.4, -0.2) is 45.8 Å². The maximum absolute atomic E-state index is 12.4. The zero-order chi connectivity index (χ0) is 23.4. The Balaban J connectivity index is 1.46. The number of allylic oxidation sites excluding steroid dienone is 2. The summed E-state index contributed by atoms with van der Waals surface area (Å²) >= 11 is 0. The summed E-state index contributed by atoms with van der Waals surface area (Å²) in [7, 11) is 1.54. The van der Waals surface area contributed by atoms with Crippen LogP contribution >= 0.6 is 0 Å². The SMILES string of the molecule is C=CCc1ccc(OCC(O)Cn2c(O)c(C=C3C=Nc4ccccc43)[nH]c2=O)c(OC)c1. The molecule has 0 spiro atoms. The van der Waals surface area contributed by atoms with Crippen molar-refractivity contribution in [2.75, 3.05) is 13.7 Å². The lowest BCUT2D eigenvalue weighted by Gasteiger charge is -2.15. The highest BCUT2D eigenvalue weighted by Gasteiger charge is 2.18. The molecule has 1 atom stereocenters. The third-order valence-corrected chi connectivity index (χ3v) is 5.27. The van der Waals surface area contributed by atoms with Gasteiger partial charge in [-0.1, -0.05) is 30.3 Å². The lowest BCUT2D eigenvalue weighted by molar-refractivity contribution is 0.0881. The molecule has 33 heavy (non-hydrogen) atoms. The van der Waals surface area contributed by atoms with Gasteiger partial charge in [-0.3, -0.25) is 9.56 Å². The van der Waals surface area contributed by atoms with E-state index >= 15 is 0 Å². The van der Waals surface area contributed by atoms with E-state index in [4.69, 9.17) is 9.47 Å². The number of methoxy groups -OCH3 is 1. The van der Waals surface area contributed by atoms with E-state index in [0.717, 1.165) is 27.0 Å². The van der Waals surface area contributed by atoms with E-state index in [1.165, 1.54) is 7.11 Å². The number of hydrogen-bond acceptors (Lipinski definition) is 6. The van der Waals surface area contributed by atoms with Crippen molar-refractivity contribution in [2.45, 2.75) is 19.1 Å². The van der Waals surface area contributed by atoms with Crippen molar-refractivity contribution in [1.29, 1.82) is 0 Å². The molecule has 1 aromatic heterocycles. The number of fused-ring (bicyclic) bond motifs is 1. The van der Waals surface area contributed by atoms with Crippen LogP contribution in [0.5, 0.6) is 17.4 Å². The first-order valence-corrected chi connectivity index (χ1v) is 10.5. The quantitative estimate of drug-likeness (QED) is 0.436. The lowest BCUT2D eigenvalue weighted by Crippen LogP contribution is -2.28. The first kappa shape index (κ1) is 22.2.